The van der Waals surface area contributed by atoms with Gasteiger partial charge in [0.1, 0.15) is 5.75 Å². The number of methoxy groups -OCH3 is 1. The van der Waals surface area contributed by atoms with Gasteiger partial charge in [0, 0.05) is 38.9 Å². The molecule has 0 saturated carbocycles. The van der Waals surface area contributed by atoms with E-state index in [2.05, 4.69) is 4.98 Å². The summed E-state index contributed by atoms with van der Waals surface area (Å²) in [5, 5.41) is 10.2. The van der Waals surface area contributed by atoms with Gasteiger partial charge >= 0.3 is 6.09 Å². The molecule has 2 heterocycles. The van der Waals surface area contributed by atoms with Crippen LogP contribution in [0.25, 0.3) is 0 Å². The number of hydrogen-bond donors (Lipinski definition) is 1. The van der Waals surface area contributed by atoms with E-state index in [0.717, 1.165) is 11.3 Å². The van der Waals surface area contributed by atoms with Crippen molar-refractivity contribution in [2.75, 3.05) is 45.6 Å². The lowest BCUT2D eigenvalue weighted by Crippen LogP contribution is -2.51. The first-order valence-electron chi connectivity index (χ1n) is 10.2. The fourth-order valence-corrected chi connectivity index (χ4v) is 4.15. The van der Waals surface area contributed by atoms with Crippen molar-refractivity contribution >= 4 is 23.8 Å². The van der Waals surface area contributed by atoms with Gasteiger partial charge in [-0.2, -0.15) is 0 Å². The van der Waals surface area contributed by atoms with Gasteiger partial charge in [0.15, 0.2) is 5.16 Å². The van der Waals surface area contributed by atoms with Crippen LogP contribution < -0.4 is 4.74 Å². The Bertz CT molecular complexity index is 878. The molecule has 0 spiro atoms. The fourth-order valence-electron chi connectivity index (χ4n) is 3.25. The minimum absolute atomic E-state index is 0.00180. The zero-order valence-electron chi connectivity index (χ0n) is 17.8. The van der Waals surface area contributed by atoms with Crippen LogP contribution in [0.3, 0.4) is 0 Å². The first-order chi connectivity index (χ1) is 15.0. The van der Waals surface area contributed by atoms with Crippen LogP contribution in [-0.4, -0.2) is 82.1 Å². The molecule has 1 aliphatic heterocycles. The molecule has 0 aliphatic carbocycles. The number of thioether (sulfide) groups is 1. The van der Waals surface area contributed by atoms with Crippen molar-refractivity contribution in [1.29, 1.82) is 0 Å². The Balaban J connectivity index is 1.56. The van der Waals surface area contributed by atoms with E-state index in [1.165, 1.54) is 11.8 Å². The maximum atomic E-state index is 12.7. The number of aromatic nitrogens is 2. The topological polar surface area (TPSA) is 97.1 Å². The molecule has 1 aromatic heterocycles. The molecule has 10 heteroatoms. The smallest absolute Gasteiger partial charge is 0.409 e. The van der Waals surface area contributed by atoms with Crippen molar-refractivity contribution in [2.45, 2.75) is 25.2 Å². The van der Waals surface area contributed by atoms with Crippen LogP contribution in [0.1, 0.15) is 18.2 Å². The van der Waals surface area contributed by atoms with E-state index in [4.69, 9.17) is 9.47 Å². The van der Waals surface area contributed by atoms with E-state index in [9.17, 15) is 14.7 Å². The second-order valence-corrected chi connectivity index (χ2v) is 7.95. The predicted molar refractivity (Wildman–Crippen MR) is 116 cm³/mol. The molecule has 0 atom stereocenters. The number of benzene rings is 1. The number of hydrogen-bond acceptors (Lipinski definition) is 7. The molecule has 1 N–H and O–H groups in total. The molecular weight excluding hydrogens is 420 g/mol. The quantitative estimate of drug-likeness (QED) is 0.615. The number of ether oxygens (including phenoxy) is 2. The third kappa shape index (κ3) is 6.14. The summed E-state index contributed by atoms with van der Waals surface area (Å²) in [5.41, 5.74) is 1.62. The minimum Gasteiger partial charge on any atom is -0.497 e. The summed E-state index contributed by atoms with van der Waals surface area (Å²) in [5.74, 6) is 1.02. The highest BCUT2D eigenvalue weighted by atomic mass is 32.2. The molecule has 1 saturated heterocycles. The summed E-state index contributed by atoms with van der Waals surface area (Å²) in [6.45, 7) is 4.44. The van der Waals surface area contributed by atoms with Crippen molar-refractivity contribution in [1.82, 2.24) is 19.4 Å². The molecule has 0 bridgehead atoms. The summed E-state index contributed by atoms with van der Waals surface area (Å²) < 4.78 is 12.1. The standard InChI is InChI=1S/C21H28N4O5S/c1-3-30-21(28)24-10-8-23(9-11-24)19(27)15-31-20-22-17(14-26)13-25(20)12-16-4-6-18(29-2)7-5-16/h4-7,13,26H,3,8-12,14-15H2,1-2H3. The average Bonchev–Trinajstić information content (AvgIpc) is 3.20. The predicted octanol–water partition coefficient (Wildman–Crippen LogP) is 1.83. The van der Waals surface area contributed by atoms with Gasteiger partial charge in [0.05, 0.1) is 31.8 Å². The SMILES string of the molecule is CCOC(=O)N1CCN(C(=O)CSc2nc(CO)cn2Cc2ccc(OC)cc2)CC1. The number of carbonyl (C=O) groups excluding carboxylic acids is 2. The monoisotopic (exact) mass is 448 g/mol. The van der Waals surface area contributed by atoms with Crippen LogP contribution in [0, 0.1) is 0 Å². The summed E-state index contributed by atoms with van der Waals surface area (Å²) >= 11 is 1.35. The Morgan fingerprint density at radius 2 is 1.81 bits per heavy atom. The second kappa shape index (κ2) is 11.1. The van der Waals surface area contributed by atoms with Gasteiger partial charge in [-0.1, -0.05) is 23.9 Å². The second-order valence-electron chi connectivity index (χ2n) is 7.00. The molecule has 1 aromatic carbocycles. The van der Waals surface area contributed by atoms with Crippen molar-refractivity contribution in [3.05, 3.63) is 41.7 Å². The first-order valence-corrected chi connectivity index (χ1v) is 11.1. The van der Waals surface area contributed by atoms with Gasteiger partial charge in [-0.25, -0.2) is 9.78 Å². The largest absolute Gasteiger partial charge is 0.497 e. The maximum absolute atomic E-state index is 12.7. The summed E-state index contributed by atoms with van der Waals surface area (Å²) in [4.78, 5) is 32.3. The van der Waals surface area contributed by atoms with Crippen LogP contribution in [0.5, 0.6) is 5.75 Å². The number of amides is 2. The number of rotatable bonds is 8. The zero-order chi connectivity index (χ0) is 22.2. The fraction of sp³-hybridized carbons (Fsp3) is 0.476. The van der Waals surface area contributed by atoms with Crippen molar-refractivity contribution in [3.8, 4) is 5.75 Å². The van der Waals surface area contributed by atoms with E-state index in [1.807, 2.05) is 28.8 Å². The molecule has 1 fully saturated rings. The Labute approximate surface area is 185 Å². The number of piperazine rings is 1. The van der Waals surface area contributed by atoms with Crippen molar-refractivity contribution < 1.29 is 24.2 Å². The lowest BCUT2D eigenvalue weighted by atomic mass is 10.2. The molecule has 3 rings (SSSR count). The lowest BCUT2D eigenvalue weighted by molar-refractivity contribution is -0.129. The summed E-state index contributed by atoms with van der Waals surface area (Å²) in [7, 11) is 1.63. The molecule has 1 aliphatic rings. The van der Waals surface area contributed by atoms with Gasteiger partial charge in [0.2, 0.25) is 5.91 Å². The molecule has 9 nitrogen and oxygen atoms in total. The lowest BCUT2D eigenvalue weighted by Gasteiger charge is -2.34. The van der Waals surface area contributed by atoms with Gasteiger partial charge < -0.3 is 28.9 Å². The maximum Gasteiger partial charge on any atom is 0.409 e. The van der Waals surface area contributed by atoms with E-state index in [-0.39, 0.29) is 24.4 Å². The number of aliphatic hydroxyl groups excluding tert-OH is 1. The highest BCUT2D eigenvalue weighted by Crippen LogP contribution is 2.21. The first kappa shape index (κ1) is 23.0. The molecule has 31 heavy (non-hydrogen) atoms. The Hall–Kier alpha value is -2.72. The molecule has 0 radical (unpaired) electrons. The van der Waals surface area contributed by atoms with E-state index < -0.39 is 0 Å². The minimum atomic E-state index is -0.332. The van der Waals surface area contributed by atoms with E-state index >= 15 is 0 Å². The number of nitrogens with zero attached hydrogens (tertiary/aromatic N) is 4. The number of aliphatic hydroxyl groups is 1. The average molecular weight is 449 g/mol. The third-order valence-corrected chi connectivity index (χ3v) is 5.92. The zero-order valence-corrected chi connectivity index (χ0v) is 18.6. The van der Waals surface area contributed by atoms with Gasteiger partial charge in [-0.3, -0.25) is 4.79 Å². The summed E-state index contributed by atoms with van der Waals surface area (Å²) in [6.07, 6.45) is 1.47. The Kier molecular flexibility index (Phi) is 8.19. The van der Waals surface area contributed by atoms with Crippen LogP contribution in [-0.2, 0) is 22.7 Å². The summed E-state index contributed by atoms with van der Waals surface area (Å²) in [6, 6.07) is 7.73. The van der Waals surface area contributed by atoms with Crippen LogP contribution >= 0.6 is 11.8 Å². The van der Waals surface area contributed by atoms with E-state index in [0.29, 0.717) is 50.2 Å². The van der Waals surface area contributed by atoms with E-state index in [1.54, 1.807) is 30.0 Å². The van der Waals surface area contributed by atoms with Gasteiger partial charge in [-0.15, -0.1) is 0 Å². The molecule has 0 unspecified atom stereocenters. The number of carbonyl (C=O) groups is 2. The van der Waals surface area contributed by atoms with Crippen LogP contribution in [0.15, 0.2) is 35.6 Å². The number of imidazole rings is 1. The molecule has 2 aromatic rings. The van der Waals surface area contributed by atoms with Crippen molar-refractivity contribution in [3.63, 3.8) is 0 Å². The molecule has 168 valence electrons. The van der Waals surface area contributed by atoms with Crippen molar-refractivity contribution in [2.24, 2.45) is 0 Å². The van der Waals surface area contributed by atoms with Crippen LogP contribution in [0.4, 0.5) is 4.79 Å². The normalized spacial score (nSPS) is 13.9. The Morgan fingerprint density at radius 3 is 2.42 bits per heavy atom. The molecular formula is C21H28N4O5S. The highest BCUT2D eigenvalue weighted by molar-refractivity contribution is 7.99. The van der Waals surface area contributed by atoms with Gasteiger partial charge in [0.25, 0.3) is 0 Å². The molecule has 2 amide bonds. The third-order valence-electron chi connectivity index (χ3n) is 4.95. The Morgan fingerprint density at radius 1 is 1.13 bits per heavy atom. The van der Waals surface area contributed by atoms with Gasteiger partial charge in [-0.05, 0) is 24.6 Å². The highest BCUT2D eigenvalue weighted by Gasteiger charge is 2.25. The van der Waals surface area contributed by atoms with Crippen LogP contribution in [0.2, 0.25) is 0 Å².